The second-order valence-electron chi connectivity index (χ2n) is 6.51. The lowest BCUT2D eigenvalue weighted by molar-refractivity contribution is -0.578. The number of halogens is 23. The Morgan fingerprint density at radius 2 is 0.675 bits per heavy atom. The van der Waals surface area contributed by atoms with E-state index >= 15 is 0 Å². The molecule has 3 atom stereocenters. The third-order valence-electron chi connectivity index (χ3n) is 3.65. The molecule has 0 bridgehead atoms. The maximum Gasteiger partial charge on any atom is 0.462 e. The molecule has 240 valence electrons. The van der Waals surface area contributed by atoms with Crippen LogP contribution in [0.5, 0.6) is 0 Å². The summed E-state index contributed by atoms with van der Waals surface area (Å²) < 4.78 is 300. The topological polar surface area (TPSA) is 65.0 Å². The molecule has 5 nitrogen and oxygen atoms in total. The number of carbonyl (C=O) groups is 1. The van der Waals surface area contributed by atoms with Crippen molar-refractivity contribution in [2.75, 3.05) is 0 Å². The molecule has 0 aromatic carbocycles. The Labute approximate surface area is 199 Å². The molecule has 3 unspecified atom stereocenters. The molecular formula is C12HF23O5. The van der Waals surface area contributed by atoms with Crippen LogP contribution >= 0.6 is 0 Å². The summed E-state index contributed by atoms with van der Waals surface area (Å²) in [5.74, 6) is -37.4. The van der Waals surface area contributed by atoms with Gasteiger partial charge >= 0.3 is 72.5 Å². The van der Waals surface area contributed by atoms with Crippen molar-refractivity contribution in [1.82, 2.24) is 0 Å². The minimum Gasteiger partial charge on any atom is -0.477 e. The second kappa shape index (κ2) is 9.65. The molecule has 0 aliphatic carbocycles. The smallest absolute Gasteiger partial charge is 0.462 e. The summed E-state index contributed by atoms with van der Waals surface area (Å²) in [7, 11) is 0. The molecule has 0 aliphatic rings. The van der Waals surface area contributed by atoms with Crippen LogP contribution in [0.15, 0.2) is 0 Å². The molecule has 0 heterocycles. The Kier molecular flexibility index (Phi) is 9.10. The van der Waals surface area contributed by atoms with Crippen LogP contribution in [0.25, 0.3) is 0 Å². The summed E-state index contributed by atoms with van der Waals surface area (Å²) in [4.78, 5) is 10.2. The highest BCUT2D eigenvalue weighted by Crippen LogP contribution is 2.59. The summed E-state index contributed by atoms with van der Waals surface area (Å²) in [5.41, 5.74) is 0. The molecular weight excluding hydrogens is 661 g/mol. The molecule has 1 N–H and O–H groups in total. The minimum absolute atomic E-state index is 0.973. The van der Waals surface area contributed by atoms with E-state index in [4.69, 9.17) is 5.11 Å². The van der Waals surface area contributed by atoms with Gasteiger partial charge < -0.3 is 5.11 Å². The normalized spacial score (nSPS) is 20.0. The zero-order chi connectivity index (χ0) is 33.2. The molecule has 0 saturated carbocycles. The van der Waals surface area contributed by atoms with E-state index in [2.05, 4.69) is 0 Å². The maximum atomic E-state index is 14.0. The van der Waals surface area contributed by atoms with Gasteiger partial charge in [-0.15, -0.1) is 0 Å². The second-order valence-corrected chi connectivity index (χ2v) is 6.51. The summed E-state index contributed by atoms with van der Waals surface area (Å²) in [5, 5.41) is 7.92. The van der Waals surface area contributed by atoms with Gasteiger partial charge in [0.15, 0.2) is 0 Å². The van der Waals surface area contributed by atoms with E-state index in [9.17, 15) is 106 Å². The first-order chi connectivity index (χ1) is 16.8. The fourth-order valence-corrected chi connectivity index (χ4v) is 1.68. The van der Waals surface area contributed by atoms with E-state index in [1.165, 1.54) is 4.74 Å². The van der Waals surface area contributed by atoms with E-state index in [1.807, 2.05) is 0 Å². The number of hydrogen-bond donors (Lipinski definition) is 1. The third-order valence-corrected chi connectivity index (χ3v) is 3.65. The van der Waals surface area contributed by atoms with E-state index in [1.54, 1.807) is 0 Å². The van der Waals surface area contributed by atoms with Gasteiger partial charge in [-0.2, -0.15) is 101 Å². The number of rotatable bonds is 10. The van der Waals surface area contributed by atoms with Crippen LogP contribution in [0, 0.1) is 0 Å². The van der Waals surface area contributed by atoms with Crippen molar-refractivity contribution in [1.29, 1.82) is 0 Å². The van der Waals surface area contributed by atoms with Crippen LogP contribution in [0.1, 0.15) is 0 Å². The molecule has 0 aromatic heterocycles. The quantitative estimate of drug-likeness (QED) is 0.262. The third kappa shape index (κ3) is 6.01. The monoisotopic (exact) mass is 662 g/mol. The summed E-state index contributed by atoms with van der Waals surface area (Å²) in [6.45, 7) is 0. The highest BCUT2D eigenvalue weighted by Gasteiger charge is 2.88. The van der Waals surface area contributed by atoms with Crippen molar-refractivity contribution in [3.63, 3.8) is 0 Å². The molecule has 0 aliphatic heterocycles. The van der Waals surface area contributed by atoms with Gasteiger partial charge in [-0.05, 0) is 0 Å². The van der Waals surface area contributed by atoms with Crippen molar-refractivity contribution in [2.24, 2.45) is 0 Å². The lowest BCUT2D eigenvalue weighted by Gasteiger charge is -2.42. The van der Waals surface area contributed by atoms with Crippen molar-refractivity contribution >= 4 is 5.97 Å². The van der Waals surface area contributed by atoms with Gasteiger partial charge in [0.05, 0.1) is 0 Å². The SMILES string of the molecule is O=C(O)C(F)(OC(F)(F)C(F)(OC(F)(F)C(F)(OC(F)(F)C(F)(F)C(F)(F)F)C(F)(F)F)C(F)(F)F)C(F)(F)F. The van der Waals surface area contributed by atoms with Crippen molar-refractivity contribution < 1.29 is 125 Å². The number of hydrogen-bond acceptors (Lipinski definition) is 4. The van der Waals surface area contributed by atoms with Gasteiger partial charge in [0.25, 0.3) is 0 Å². The fourth-order valence-electron chi connectivity index (χ4n) is 1.68. The fraction of sp³-hybridized carbons (Fsp3) is 0.917. The van der Waals surface area contributed by atoms with Crippen molar-refractivity contribution in [3.8, 4) is 0 Å². The highest BCUT2D eigenvalue weighted by molar-refractivity contribution is 5.76. The van der Waals surface area contributed by atoms with Crippen LogP contribution in [0.2, 0.25) is 0 Å². The van der Waals surface area contributed by atoms with Crippen LogP contribution in [0.3, 0.4) is 0 Å². The number of carboxylic acid groups (broad SMARTS) is 1. The van der Waals surface area contributed by atoms with Gasteiger partial charge in [-0.3, -0.25) is 14.2 Å². The summed E-state index contributed by atoms with van der Waals surface area (Å²) in [6, 6.07) is 0. The Morgan fingerprint density at radius 1 is 0.400 bits per heavy atom. The predicted molar refractivity (Wildman–Crippen MR) is 66.4 cm³/mol. The number of alkyl halides is 23. The predicted octanol–water partition coefficient (Wildman–Crippen LogP) is 6.78. The largest absolute Gasteiger partial charge is 0.477 e. The number of carboxylic acids is 1. The molecule has 0 amide bonds. The van der Waals surface area contributed by atoms with E-state index < -0.39 is 72.5 Å². The van der Waals surface area contributed by atoms with Gasteiger partial charge in [0.1, 0.15) is 0 Å². The standard InChI is InChI=1S/C12HF23O5/c13-2(1(36)37,6(18,19)20)38-11(32,33)4(16,8(24,25)26)40-12(34,35)5(17,9(27,28)29)39-10(30,31)3(14,15)7(21,22)23/h(H,36,37). The molecule has 0 spiro atoms. The van der Waals surface area contributed by atoms with Gasteiger partial charge in [-0.25, -0.2) is 4.79 Å². The average molecular weight is 662 g/mol. The first-order valence-electron chi connectivity index (χ1n) is 8.00. The summed E-state index contributed by atoms with van der Waals surface area (Å²) >= 11 is 0. The molecule has 0 rings (SSSR count). The van der Waals surface area contributed by atoms with Crippen LogP contribution in [-0.4, -0.2) is 77.6 Å². The Hall–Kier alpha value is -2.26. The molecule has 0 aromatic rings. The Bertz CT molecular complexity index is 930. The summed E-state index contributed by atoms with van der Waals surface area (Å²) in [6.07, 6.45) is -57.8. The number of ether oxygens (including phenoxy) is 3. The van der Waals surface area contributed by atoms with Crippen molar-refractivity contribution in [2.45, 2.75) is 66.5 Å². The van der Waals surface area contributed by atoms with Crippen molar-refractivity contribution in [3.05, 3.63) is 0 Å². The molecule has 0 fully saturated rings. The molecule has 40 heavy (non-hydrogen) atoms. The van der Waals surface area contributed by atoms with Crippen LogP contribution in [0.4, 0.5) is 101 Å². The zero-order valence-corrected chi connectivity index (χ0v) is 16.8. The Balaban J connectivity index is 7.24. The minimum atomic E-state index is -8.77. The Morgan fingerprint density at radius 3 is 0.900 bits per heavy atom. The number of aliphatic carboxylic acids is 1. The van der Waals surface area contributed by atoms with Gasteiger partial charge in [-0.1, -0.05) is 0 Å². The maximum absolute atomic E-state index is 14.0. The van der Waals surface area contributed by atoms with E-state index in [-0.39, 0.29) is 0 Å². The van der Waals surface area contributed by atoms with E-state index in [0.717, 1.165) is 9.47 Å². The highest BCUT2D eigenvalue weighted by atomic mass is 19.4. The molecule has 0 saturated heterocycles. The lowest BCUT2D eigenvalue weighted by Crippen LogP contribution is -2.70. The molecule has 28 heteroatoms. The molecule has 0 radical (unpaired) electrons. The first-order valence-corrected chi connectivity index (χ1v) is 8.00. The zero-order valence-electron chi connectivity index (χ0n) is 16.8. The van der Waals surface area contributed by atoms with E-state index in [0.29, 0.717) is 0 Å². The van der Waals surface area contributed by atoms with Gasteiger partial charge in [0, 0.05) is 0 Å². The first kappa shape index (κ1) is 37.7. The van der Waals surface area contributed by atoms with Gasteiger partial charge in [0.2, 0.25) is 0 Å². The van der Waals surface area contributed by atoms with Crippen LogP contribution in [-0.2, 0) is 19.0 Å². The average Bonchev–Trinajstić information content (AvgIpc) is 2.62. The lowest BCUT2D eigenvalue weighted by atomic mass is 10.2. The van der Waals surface area contributed by atoms with Crippen LogP contribution < -0.4 is 0 Å².